The van der Waals surface area contributed by atoms with Crippen LogP contribution < -0.4 is 9.47 Å². The van der Waals surface area contributed by atoms with E-state index < -0.39 is 5.41 Å². The van der Waals surface area contributed by atoms with Gasteiger partial charge in [-0.05, 0) is 93.0 Å². The summed E-state index contributed by atoms with van der Waals surface area (Å²) in [6.45, 7) is 1.74. The Morgan fingerprint density at radius 3 is 1.69 bits per heavy atom. The quantitative estimate of drug-likeness (QED) is 0.0812. The Bertz CT molecular complexity index is 2080. The summed E-state index contributed by atoms with van der Waals surface area (Å²) in [7, 11) is 0. The van der Waals surface area contributed by atoms with Gasteiger partial charge in [0.2, 0.25) is 0 Å². The van der Waals surface area contributed by atoms with Gasteiger partial charge < -0.3 is 34.3 Å². The largest absolute Gasteiger partial charge is 0.508 e. The summed E-state index contributed by atoms with van der Waals surface area (Å²) in [5.74, 6) is 1.92. The molecule has 7 heteroatoms. The van der Waals surface area contributed by atoms with Gasteiger partial charge in [0.25, 0.3) is 0 Å². The highest BCUT2D eigenvalue weighted by atomic mass is 16.5. The molecule has 1 aliphatic rings. The maximum absolute atomic E-state index is 9.72. The van der Waals surface area contributed by atoms with E-state index in [9.17, 15) is 15.3 Å². The van der Waals surface area contributed by atoms with Gasteiger partial charge in [-0.3, -0.25) is 0 Å². The van der Waals surface area contributed by atoms with Crippen molar-refractivity contribution in [1.82, 2.24) is 0 Å². The van der Waals surface area contributed by atoms with Crippen molar-refractivity contribution in [3.05, 3.63) is 185 Å². The maximum Gasteiger partial charge on any atom is 0.119 e. The summed E-state index contributed by atoms with van der Waals surface area (Å²) in [6.07, 6.45) is 4.32. The van der Waals surface area contributed by atoms with E-state index in [0.717, 1.165) is 28.0 Å². The fraction of sp³-hybridized carbons (Fsp3) is 0.191. The Morgan fingerprint density at radius 2 is 1.11 bits per heavy atom. The number of ether oxygens (including phenoxy) is 4. The standard InChI is InChI=1S/C47H44O7/c48-27-29-53-40-23-15-36(16-24-40)47(45-9-3-1-7-43(45)44-8-2-4-10-46(44)47)37-17-25-41(26-18-37)54-31-30-51-33-42(32-35-13-21-39(50)22-14-35)52-28-5-6-34-11-19-38(49)20-12-34/h1-26,42,48-50H,27-33H2. The van der Waals surface area contributed by atoms with Crippen molar-refractivity contribution in [3.63, 3.8) is 0 Å². The molecule has 54 heavy (non-hydrogen) atoms. The molecule has 0 saturated heterocycles. The molecule has 3 N–H and O–H groups in total. The molecule has 274 valence electrons. The fourth-order valence-corrected chi connectivity index (χ4v) is 7.24. The zero-order valence-electron chi connectivity index (χ0n) is 30.0. The number of benzene rings is 6. The van der Waals surface area contributed by atoms with Crippen molar-refractivity contribution in [2.24, 2.45) is 0 Å². The number of hydrogen-bond donors (Lipinski definition) is 3. The monoisotopic (exact) mass is 720 g/mol. The van der Waals surface area contributed by atoms with Crippen molar-refractivity contribution in [1.29, 1.82) is 0 Å². The van der Waals surface area contributed by atoms with Crippen LogP contribution in [0.25, 0.3) is 17.2 Å². The van der Waals surface area contributed by atoms with Crippen LogP contribution in [-0.2, 0) is 21.3 Å². The normalized spacial score (nSPS) is 13.4. The molecule has 7 rings (SSSR count). The molecule has 0 radical (unpaired) electrons. The van der Waals surface area contributed by atoms with Crippen molar-refractivity contribution in [3.8, 4) is 34.1 Å². The summed E-state index contributed by atoms with van der Waals surface area (Å²) in [5, 5.41) is 28.5. The first-order chi connectivity index (χ1) is 26.5. The van der Waals surface area contributed by atoms with E-state index in [1.807, 2.05) is 60.7 Å². The summed E-state index contributed by atoms with van der Waals surface area (Å²) in [6, 6.07) is 47.9. The van der Waals surface area contributed by atoms with E-state index in [1.165, 1.54) is 22.3 Å². The predicted molar refractivity (Wildman–Crippen MR) is 211 cm³/mol. The molecule has 0 aromatic heterocycles. The smallest absolute Gasteiger partial charge is 0.119 e. The number of hydrogen-bond acceptors (Lipinski definition) is 7. The molecule has 1 aliphatic carbocycles. The highest BCUT2D eigenvalue weighted by Crippen LogP contribution is 2.56. The lowest BCUT2D eigenvalue weighted by Crippen LogP contribution is -2.28. The fourth-order valence-electron chi connectivity index (χ4n) is 7.24. The third-order valence-electron chi connectivity index (χ3n) is 9.72. The molecule has 6 aromatic carbocycles. The minimum atomic E-state index is -0.546. The number of rotatable bonds is 17. The molecule has 0 saturated carbocycles. The number of fused-ring (bicyclic) bond motifs is 3. The second kappa shape index (κ2) is 17.3. The van der Waals surface area contributed by atoms with E-state index in [4.69, 9.17) is 18.9 Å². The SMILES string of the molecule is OCCOc1ccc(C2(c3ccc(OCCOCC(Cc4ccc(O)cc4)OCC=Cc4ccc(O)cc4)cc3)c3ccccc3-c3ccccc32)cc1. The van der Waals surface area contributed by atoms with Gasteiger partial charge in [-0.15, -0.1) is 0 Å². The van der Waals surface area contributed by atoms with Gasteiger partial charge in [0.15, 0.2) is 0 Å². The lowest BCUT2D eigenvalue weighted by atomic mass is 9.68. The Balaban J connectivity index is 1.02. The Hall–Kier alpha value is -5.86. The minimum absolute atomic E-state index is 0.0371. The topological polar surface area (TPSA) is 97.6 Å². The van der Waals surface area contributed by atoms with Gasteiger partial charge in [0.1, 0.15) is 36.2 Å². The van der Waals surface area contributed by atoms with Crippen LogP contribution in [0.4, 0.5) is 0 Å². The lowest BCUT2D eigenvalue weighted by Gasteiger charge is -2.34. The number of phenols is 2. The van der Waals surface area contributed by atoms with E-state index in [2.05, 4.69) is 72.8 Å². The molecular weight excluding hydrogens is 677 g/mol. The molecule has 0 fully saturated rings. The van der Waals surface area contributed by atoms with Crippen molar-refractivity contribution >= 4 is 6.08 Å². The van der Waals surface area contributed by atoms with Crippen molar-refractivity contribution in [2.45, 2.75) is 17.9 Å². The molecular formula is C47H44O7. The molecule has 0 bridgehead atoms. The summed E-state index contributed by atoms with van der Waals surface area (Å²) in [5.41, 5.74) is 8.58. The van der Waals surface area contributed by atoms with E-state index in [1.54, 1.807) is 24.3 Å². The van der Waals surface area contributed by atoms with Gasteiger partial charge in [-0.25, -0.2) is 0 Å². The highest BCUT2D eigenvalue weighted by molar-refractivity contribution is 5.86. The summed E-state index contributed by atoms with van der Waals surface area (Å²) in [4.78, 5) is 0. The lowest BCUT2D eigenvalue weighted by molar-refractivity contribution is -0.0115. The third kappa shape index (κ3) is 8.19. The summed E-state index contributed by atoms with van der Waals surface area (Å²) >= 11 is 0. The van der Waals surface area contributed by atoms with Crippen LogP contribution in [-0.4, -0.2) is 61.1 Å². The average molecular weight is 721 g/mol. The van der Waals surface area contributed by atoms with Crippen molar-refractivity contribution < 1.29 is 34.3 Å². The van der Waals surface area contributed by atoms with Crippen LogP contribution >= 0.6 is 0 Å². The molecule has 7 nitrogen and oxygen atoms in total. The van der Waals surface area contributed by atoms with Crippen molar-refractivity contribution in [2.75, 3.05) is 39.6 Å². The number of aliphatic hydroxyl groups excluding tert-OH is 1. The Morgan fingerprint density at radius 1 is 0.574 bits per heavy atom. The number of aromatic hydroxyl groups is 2. The predicted octanol–water partition coefficient (Wildman–Crippen LogP) is 8.57. The second-order valence-electron chi connectivity index (χ2n) is 13.2. The van der Waals surface area contributed by atoms with Crippen LogP contribution in [0.5, 0.6) is 23.0 Å². The second-order valence-corrected chi connectivity index (χ2v) is 13.2. The minimum Gasteiger partial charge on any atom is -0.508 e. The van der Waals surface area contributed by atoms with Gasteiger partial charge in [0, 0.05) is 6.42 Å². The summed E-state index contributed by atoms with van der Waals surface area (Å²) < 4.78 is 24.1. The van der Waals surface area contributed by atoms with Gasteiger partial charge in [-0.1, -0.05) is 109 Å². The molecule has 6 aromatic rings. The van der Waals surface area contributed by atoms with Crippen LogP contribution in [0.15, 0.2) is 152 Å². The van der Waals surface area contributed by atoms with Crippen LogP contribution in [0.2, 0.25) is 0 Å². The molecule has 0 aliphatic heterocycles. The highest BCUT2D eigenvalue weighted by Gasteiger charge is 2.45. The first-order valence-electron chi connectivity index (χ1n) is 18.2. The molecule has 1 atom stereocenters. The molecule has 0 amide bonds. The number of phenolic OH excluding ortho intramolecular Hbond substituents is 2. The van der Waals surface area contributed by atoms with Gasteiger partial charge >= 0.3 is 0 Å². The molecule has 0 heterocycles. The number of aliphatic hydroxyl groups is 1. The third-order valence-corrected chi connectivity index (χ3v) is 9.72. The first-order valence-corrected chi connectivity index (χ1v) is 18.2. The van der Waals surface area contributed by atoms with E-state index >= 15 is 0 Å². The first kappa shape index (κ1) is 36.5. The van der Waals surface area contributed by atoms with E-state index in [0.29, 0.717) is 38.6 Å². The van der Waals surface area contributed by atoms with Gasteiger partial charge in [0.05, 0.1) is 37.9 Å². The van der Waals surface area contributed by atoms with Crippen LogP contribution in [0.3, 0.4) is 0 Å². The zero-order chi connectivity index (χ0) is 37.2. The Labute approximate surface area is 316 Å². The van der Waals surface area contributed by atoms with Crippen LogP contribution in [0, 0.1) is 0 Å². The maximum atomic E-state index is 9.72. The molecule has 0 spiro atoms. The molecule has 1 unspecified atom stereocenters. The zero-order valence-corrected chi connectivity index (χ0v) is 30.0. The average Bonchev–Trinajstić information content (AvgIpc) is 3.51. The van der Waals surface area contributed by atoms with E-state index in [-0.39, 0.29) is 30.8 Å². The Kier molecular flexibility index (Phi) is 11.7. The van der Waals surface area contributed by atoms with Gasteiger partial charge in [-0.2, -0.15) is 0 Å². The van der Waals surface area contributed by atoms with Crippen LogP contribution in [0.1, 0.15) is 33.4 Å².